The van der Waals surface area contributed by atoms with Gasteiger partial charge in [0.05, 0.1) is 7.11 Å². The van der Waals surface area contributed by atoms with Gasteiger partial charge < -0.3 is 9.64 Å². The summed E-state index contributed by atoms with van der Waals surface area (Å²) in [5, 5.41) is 0. The van der Waals surface area contributed by atoms with Gasteiger partial charge in [0.1, 0.15) is 6.04 Å². The normalized spacial score (nSPS) is 21.6. The van der Waals surface area contributed by atoms with Crippen molar-refractivity contribution < 1.29 is 23.1 Å². The molecule has 0 aromatic rings. The van der Waals surface area contributed by atoms with E-state index in [1.807, 2.05) is 0 Å². The third kappa shape index (κ3) is 2.64. The Labute approximate surface area is 86.2 Å². The Kier molecular flexibility index (Phi) is 3.99. The molecule has 0 spiro atoms. The van der Waals surface area contributed by atoms with E-state index < -0.39 is 24.3 Å². The average molecular weight is 221 g/mol. The van der Waals surface area contributed by atoms with Gasteiger partial charge in [0.25, 0.3) is 5.91 Å². The van der Waals surface area contributed by atoms with Crippen LogP contribution in [0.3, 0.4) is 0 Å². The van der Waals surface area contributed by atoms with Gasteiger partial charge in [0.2, 0.25) is 0 Å². The van der Waals surface area contributed by atoms with Crippen LogP contribution in [0.15, 0.2) is 0 Å². The molecule has 15 heavy (non-hydrogen) atoms. The molecule has 1 aliphatic rings. The van der Waals surface area contributed by atoms with E-state index in [1.165, 1.54) is 7.11 Å². The van der Waals surface area contributed by atoms with Crippen LogP contribution in [0.1, 0.15) is 19.3 Å². The highest BCUT2D eigenvalue weighted by Gasteiger charge is 2.36. The minimum absolute atomic E-state index is 0.197. The number of nitrogens with zero attached hydrogens (tertiary/aromatic N) is 1. The van der Waals surface area contributed by atoms with E-state index in [-0.39, 0.29) is 6.54 Å². The van der Waals surface area contributed by atoms with Gasteiger partial charge in [-0.25, -0.2) is 4.79 Å². The molecular weight excluding hydrogens is 208 g/mol. The summed E-state index contributed by atoms with van der Waals surface area (Å²) >= 11 is 0. The summed E-state index contributed by atoms with van der Waals surface area (Å²) in [6, 6.07) is -0.842. The lowest BCUT2D eigenvalue weighted by atomic mass is 10.0. The summed E-state index contributed by atoms with van der Waals surface area (Å²) in [6.07, 6.45) is -1.28. The van der Waals surface area contributed by atoms with E-state index in [9.17, 15) is 18.4 Å². The van der Waals surface area contributed by atoms with Crippen molar-refractivity contribution in [3.05, 3.63) is 0 Å². The molecule has 6 heteroatoms. The van der Waals surface area contributed by atoms with E-state index in [1.54, 1.807) is 0 Å². The van der Waals surface area contributed by atoms with Crippen molar-refractivity contribution in [1.29, 1.82) is 0 Å². The fourth-order valence-electron chi connectivity index (χ4n) is 1.70. The van der Waals surface area contributed by atoms with Crippen molar-refractivity contribution in [2.24, 2.45) is 0 Å². The van der Waals surface area contributed by atoms with Gasteiger partial charge in [-0.3, -0.25) is 4.79 Å². The molecule has 1 fully saturated rings. The number of rotatable bonds is 2. The van der Waals surface area contributed by atoms with E-state index >= 15 is 0 Å². The van der Waals surface area contributed by atoms with Crippen molar-refractivity contribution in [2.75, 3.05) is 13.7 Å². The first-order valence-corrected chi connectivity index (χ1v) is 4.74. The largest absolute Gasteiger partial charge is 0.467 e. The summed E-state index contributed by atoms with van der Waals surface area (Å²) < 4.78 is 28.9. The van der Waals surface area contributed by atoms with E-state index in [0.29, 0.717) is 12.8 Å². The van der Waals surface area contributed by atoms with Crippen LogP contribution in [0.5, 0.6) is 0 Å². The monoisotopic (exact) mass is 221 g/mol. The second-order valence-electron chi connectivity index (χ2n) is 3.37. The molecule has 1 atom stereocenters. The lowest BCUT2D eigenvalue weighted by Gasteiger charge is -2.33. The molecule has 1 rings (SSSR count). The minimum atomic E-state index is -3.06. The number of alkyl halides is 2. The quantitative estimate of drug-likeness (QED) is 0.648. The zero-order valence-corrected chi connectivity index (χ0v) is 8.41. The van der Waals surface area contributed by atoms with E-state index in [4.69, 9.17) is 0 Å². The first-order chi connectivity index (χ1) is 7.07. The van der Waals surface area contributed by atoms with Crippen LogP contribution in [0.4, 0.5) is 8.78 Å². The van der Waals surface area contributed by atoms with Gasteiger partial charge in [-0.1, -0.05) is 0 Å². The zero-order chi connectivity index (χ0) is 11.4. The summed E-state index contributed by atoms with van der Waals surface area (Å²) in [6.45, 7) is 0.197. The molecule has 0 unspecified atom stereocenters. The number of carbonyl (C=O) groups excluding carboxylic acids is 2. The van der Waals surface area contributed by atoms with Gasteiger partial charge in [-0.05, 0) is 19.3 Å². The number of piperidine rings is 1. The minimum Gasteiger partial charge on any atom is -0.467 e. The lowest BCUT2D eigenvalue weighted by Crippen LogP contribution is -2.50. The number of hydrogen-bond donors (Lipinski definition) is 0. The van der Waals surface area contributed by atoms with Gasteiger partial charge in [0, 0.05) is 6.54 Å². The highest BCUT2D eigenvalue weighted by atomic mass is 19.3. The fourth-order valence-corrected chi connectivity index (χ4v) is 1.70. The fraction of sp³-hybridized carbons (Fsp3) is 0.778. The van der Waals surface area contributed by atoms with Crippen molar-refractivity contribution in [2.45, 2.75) is 31.7 Å². The third-order valence-corrected chi connectivity index (χ3v) is 2.45. The predicted octanol–water partition coefficient (Wildman–Crippen LogP) is 0.806. The molecule has 0 bridgehead atoms. The molecule has 1 saturated heterocycles. The molecule has 0 radical (unpaired) electrons. The maximum atomic E-state index is 12.2. The summed E-state index contributed by atoms with van der Waals surface area (Å²) in [5.74, 6) is -1.91. The standard InChI is InChI=1S/C9H13F2NO3/c1-15-9(14)6-4-2-3-5-12(6)8(13)7(10)11/h6-7H,2-5H2,1H3/t6-/m1/s1. The number of methoxy groups -OCH3 is 1. The zero-order valence-electron chi connectivity index (χ0n) is 8.41. The predicted molar refractivity (Wildman–Crippen MR) is 47.4 cm³/mol. The van der Waals surface area contributed by atoms with Crippen LogP contribution >= 0.6 is 0 Å². The van der Waals surface area contributed by atoms with Crippen molar-refractivity contribution in [1.82, 2.24) is 4.90 Å². The SMILES string of the molecule is COC(=O)[C@H]1CCCCN1C(=O)C(F)F. The highest BCUT2D eigenvalue weighted by Crippen LogP contribution is 2.19. The average Bonchev–Trinajstić information content (AvgIpc) is 2.27. The van der Waals surface area contributed by atoms with Gasteiger partial charge in [-0.2, -0.15) is 8.78 Å². The number of esters is 1. The van der Waals surface area contributed by atoms with Gasteiger partial charge in [-0.15, -0.1) is 0 Å². The van der Waals surface area contributed by atoms with E-state index in [2.05, 4.69) is 4.74 Å². The molecule has 86 valence electrons. The highest BCUT2D eigenvalue weighted by molar-refractivity contribution is 5.86. The van der Waals surface area contributed by atoms with Crippen molar-refractivity contribution in [3.8, 4) is 0 Å². The van der Waals surface area contributed by atoms with E-state index in [0.717, 1.165) is 11.3 Å². The van der Waals surface area contributed by atoms with Crippen LogP contribution < -0.4 is 0 Å². The summed E-state index contributed by atoms with van der Waals surface area (Å²) in [5.41, 5.74) is 0. The van der Waals surface area contributed by atoms with Crippen LogP contribution in [-0.2, 0) is 14.3 Å². The van der Waals surface area contributed by atoms with Gasteiger partial charge in [0.15, 0.2) is 0 Å². The second-order valence-corrected chi connectivity index (χ2v) is 3.37. The maximum Gasteiger partial charge on any atom is 0.328 e. The number of halogens is 2. The number of likely N-dealkylation sites (tertiary alicyclic amines) is 1. The molecule has 0 aliphatic carbocycles. The molecule has 0 aromatic heterocycles. The first kappa shape index (κ1) is 11.9. The van der Waals surface area contributed by atoms with Crippen LogP contribution in [0, 0.1) is 0 Å². The Hall–Kier alpha value is -1.20. The molecule has 0 aromatic carbocycles. The number of carbonyl (C=O) groups is 2. The van der Waals surface area contributed by atoms with Gasteiger partial charge >= 0.3 is 12.4 Å². The smallest absolute Gasteiger partial charge is 0.328 e. The van der Waals surface area contributed by atoms with Crippen LogP contribution in [-0.4, -0.2) is 42.9 Å². The van der Waals surface area contributed by atoms with Crippen LogP contribution in [0.2, 0.25) is 0 Å². The molecular formula is C9H13F2NO3. The first-order valence-electron chi connectivity index (χ1n) is 4.74. The Morgan fingerprint density at radius 1 is 1.40 bits per heavy atom. The Balaban J connectivity index is 2.73. The molecule has 1 aliphatic heterocycles. The second kappa shape index (κ2) is 5.04. The summed E-state index contributed by atoms with van der Waals surface area (Å²) in [4.78, 5) is 23.3. The molecule has 0 saturated carbocycles. The molecule has 1 heterocycles. The Morgan fingerprint density at radius 2 is 2.07 bits per heavy atom. The number of ether oxygens (including phenoxy) is 1. The van der Waals surface area contributed by atoms with Crippen LogP contribution in [0.25, 0.3) is 0 Å². The van der Waals surface area contributed by atoms with Crippen molar-refractivity contribution in [3.63, 3.8) is 0 Å². The Morgan fingerprint density at radius 3 is 2.60 bits per heavy atom. The molecule has 1 amide bonds. The number of amides is 1. The topological polar surface area (TPSA) is 46.6 Å². The molecule has 4 nitrogen and oxygen atoms in total. The lowest BCUT2D eigenvalue weighted by molar-refractivity contribution is -0.159. The number of hydrogen-bond acceptors (Lipinski definition) is 3. The molecule has 0 N–H and O–H groups in total. The Bertz CT molecular complexity index is 258. The van der Waals surface area contributed by atoms with Crippen molar-refractivity contribution >= 4 is 11.9 Å². The summed E-state index contributed by atoms with van der Waals surface area (Å²) in [7, 11) is 1.18. The maximum absolute atomic E-state index is 12.2. The third-order valence-electron chi connectivity index (χ3n) is 2.45.